The monoisotopic (exact) mass is 613 g/mol. The number of hydrogen-bond acceptors (Lipinski definition) is 8. The number of hydrogen-bond donors (Lipinski definition) is 3. The van der Waals surface area contributed by atoms with E-state index in [1.165, 1.54) is 12.1 Å². The third-order valence-electron chi connectivity index (χ3n) is 7.35. The number of nitrogens with zero attached hydrogens (tertiary/aromatic N) is 6. The second-order valence-electron chi connectivity index (χ2n) is 10.9. The van der Waals surface area contributed by atoms with E-state index in [2.05, 4.69) is 35.5 Å². The number of aromatic amines is 2. The van der Waals surface area contributed by atoms with E-state index in [0.717, 1.165) is 10.9 Å². The number of carbonyl (C=O) groups is 1. The zero-order valence-corrected chi connectivity index (χ0v) is 25.0. The van der Waals surface area contributed by atoms with Crippen molar-refractivity contribution in [2.45, 2.75) is 0 Å². The van der Waals surface area contributed by atoms with Crippen LogP contribution in [0.4, 0.5) is 10.1 Å². The Balaban J connectivity index is 1.21. The van der Waals surface area contributed by atoms with Crippen LogP contribution in [0.3, 0.4) is 0 Å². The summed E-state index contributed by atoms with van der Waals surface area (Å²) in [6.45, 7) is 1.12. The van der Waals surface area contributed by atoms with Crippen LogP contribution in [-0.4, -0.2) is 73.2 Å². The SMILES string of the molecule is CN(C)CCOc1cc(F)cc(-c2nccc3[nH]c(-c4n[nH]c5cnc(-c6cncc(NC(=O)c7ccccc7)c6)cc45)nc23)c1. The molecule has 0 bridgehead atoms. The maximum atomic E-state index is 14.7. The van der Waals surface area contributed by atoms with Gasteiger partial charge in [0.05, 0.1) is 40.5 Å². The standard InChI is InChI=1S/C34H28FN9O2/c1-44(2)10-11-46-25-14-21(12-23(35)15-25)30-32-27(8-9-37-30)40-33(41-32)31-26-16-28(38-19-29(26)42-43-31)22-13-24(18-36-17-22)39-34(45)20-6-4-3-5-7-20/h3-9,12-19H,10-11H2,1-2H3,(H,39,45)(H,40,41)(H,42,43). The number of ether oxygens (including phenoxy) is 1. The molecule has 0 aliphatic carbocycles. The van der Waals surface area contributed by atoms with E-state index < -0.39 is 5.82 Å². The average molecular weight is 614 g/mol. The molecule has 0 atom stereocenters. The number of fused-ring (bicyclic) bond motifs is 2. The first-order valence-corrected chi connectivity index (χ1v) is 14.5. The summed E-state index contributed by atoms with van der Waals surface area (Å²) in [6, 6.07) is 19.0. The molecule has 0 saturated heterocycles. The van der Waals surface area contributed by atoms with Crippen molar-refractivity contribution >= 4 is 33.5 Å². The minimum Gasteiger partial charge on any atom is -0.492 e. The van der Waals surface area contributed by atoms with Gasteiger partial charge in [-0.1, -0.05) is 18.2 Å². The van der Waals surface area contributed by atoms with Gasteiger partial charge in [0.1, 0.15) is 29.4 Å². The van der Waals surface area contributed by atoms with Crippen LogP contribution < -0.4 is 10.1 Å². The van der Waals surface area contributed by atoms with Crippen molar-refractivity contribution in [3.63, 3.8) is 0 Å². The fourth-order valence-corrected chi connectivity index (χ4v) is 5.08. The number of rotatable bonds is 9. The molecule has 46 heavy (non-hydrogen) atoms. The van der Waals surface area contributed by atoms with Crippen molar-refractivity contribution in [1.29, 1.82) is 0 Å². The maximum absolute atomic E-state index is 14.7. The summed E-state index contributed by atoms with van der Waals surface area (Å²) in [4.78, 5) is 36.3. The molecule has 0 aliphatic rings. The van der Waals surface area contributed by atoms with Gasteiger partial charge in [-0.05, 0) is 56.6 Å². The van der Waals surface area contributed by atoms with Gasteiger partial charge in [-0.3, -0.25) is 24.8 Å². The van der Waals surface area contributed by atoms with Gasteiger partial charge in [0.2, 0.25) is 0 Å². The van der Waals surface area contributed by atoms with E-state index in [9.17, 15) is 9.18 Å². The van der Waals surface area contributed by atoms with Gasteiger partial charge in [0.15, 0.2) is 5.82 Å². The summed E-state index contributed by atoms with van der Waals surface area (Å²) in [5, 5.41) is 11.2. The molecule has 0 fully saturated rings. The lowest BCUT2D eigenvalue weighted by atomic mass is 10.1. The van der Waals surface area contributed by atoms with Crippen LogP contribution in [0.25, 0.3) is 56.0 Å². The number of imidazole rings is 1. The number of H-pyrrole nitrogens is 2. The first-order chi connectivity index (χ1) is 22.4. The number of pyridine rings is 3. The molecule has 7 aromatic rings. The molecular weight excluding hydrogens is 585 g/mol. The molecule has 5 aromatic heterocycles. The van der Waals surface area contributed by atoms with Crippen molar-refractivity contribution in [2.24, 2.45) is 0 Å². The Labute approximate surface area is 262 Å². The molecule has 2 aromatic carbocycles. The predicted octanol–water partition coefficient (Wildman–Crippen LogP) is 5.96. The van der Waals surface area contributed by atoms with Crippen molar-refractivity contribution in [2.75, 3.05) is 32.6 Å². The lowest BCUT2D eigenvalue weighted by molar-refractivity contribution is 0.102. The molecule has 11 nitrogen and oxygen atoms in total. The molecule has 228 valence electrons. The van der Waals surface area contributed by atoms with Gasteiger partial charge >= 0.3 is 0 Å². The van der Waals surface area contributed by atoms with Crippen LogP contribution in [0.15, 0.2) is 91.5 Å². The van der Waals surface area contributed by atoms with Gasteiger partial charge in [-0.15, -0.1) is 0 Å². The minimum atomic E-state index is -0.427. The molecule has 0 spiro atoms. The van der Waals surface area contributed by atoms with E-state index >= 15 is 0 Å². The Morgan fingerprint density at radius 2 is 1.80 bits per heavy atom. The number of aromatic nitrogens is 7. The first kappa shape index (κ1) is 28.7. The fraction of sp³-hybridized carbons (Fsp3) is 0.118. The fourth-order valence-electron chi connectivity index (χ4n) is 5.08. The number of benzene rings is 2. The molecule has 0 radical (unpaired) electrons. The van der Waals surface area contributed by atoms with Gasteiger partial charge in [-0.2, -0.15) is 5.10 Å². The molecule has 5 heterocycles. The van der Waals surface area contributed by atoms with E-state index in [0.29, 0.717) is 75.2 Å². The van der Waals surface area contributed by atoms with Crippen molar-refractivity contribution in [3.8, 4) is 39.8 Å². The lowest BCUT2D eigenvalue weighted by Gasteiger charge is -2.12. The number of carbonyl (C=O) groups excluding carboxylic acids is 1. The molecule has 1 amide bonds. The average Bonchev–Trinajstić information content (AvgIpc) is 3.69. The highest BCUT2D eigenvalue weighted by Gasteiger charge is 2.18. The van der Waals surface area contributed by atoms with Crippen LogP contribution >= 0.6 is 0 Å². The number of halogens is 1. The largest absolute Gasteiger partial charge is 0.492 e. The van der Waals surface area contributed by atoms with Crippen LogP contribution in [0, 0.1) is 5.82 Å². The van der Waals surface area contributed by atoms with Gasteiger partial charge in [0.25, 0.3) is 5.91 Å². The van der Waals surface area contributed by atoms with Gasteiger partial charge in [-0.25, -0.2) is 9.37 Å². The van der Waals surface area contributed by atoms with E-state index in [1.54, 1.807) is 43.0 Å². The Morgan fingerprint density at radius 1 is 0.935 bits per heavy atom. The van der Waals surface area contributed by atoms with Crippen LogP contribution in [0.1, 0.15) is 10.4 Å². The quantitative estimate of drug-likeness (QED) is 0.181. The summed E-state index contributed by atoms with van der Waals surface area (Å²) in [5.74, 6) is 0.269. The zero-order chi connectivity index (χ0) is 31.6. The second kappa shape index (κ2) is 12.2. The van der Waals surface area contributed by atoms with Gasteiger partial charge in [0, 0.05) is 47.1 Å². The van der Waals surface area contributed by atoms with E-state index in [1.807, 2.05) is 55.4 Å². The lowest BCUT2D eigenvalue weighted by Crippen LogP contribution is -2.19. The van der Waals surface area contributed by atoms with Crippen LogP contribution in [0.5, 0.6) is 5.75 Å². The highest BCUT2D eigenvalue weighted by Crippen LogP contribution is 2.33. The molecule has 12 heteroatoms. The number of amides is 1. The third kappa shape index (κ3) is 5.88. The number of nitrogens with one attached hydrogen (secondary N) is 3. The summed E-state index contributed by atoms with van der Waals surface area (Å²) >= 11 is 0. The summed E-state index contributed by atoms with van der Waals surface area (Å²) < 4.78 is 20.4. The predicted molar refractivity (Wildman–Crippen MR) is 174 cm³/mol. The molecule has 7 rings (SSSR count). The topological polar surface area (TPSA) is 138 Å². The summed E-state index contributed by atoms with van der Waals surface area (Å²) in [7, 11) is 3.90. The smallest absolute Gasteiger partial charge is 0.255 e. The minimum absolute atomic E-state index is 0.231. The van der Waals surface area contributed by atoms with Crippen molar-refractivity contribution in [1.82, 2.24) is 40.0 Å². The molecule has 0 unspecified atom stereocenters. The van der Waals surface area contributed by atoms with Crippen LogP contribution in [-0.2, 0) is 0 Å². The molecule has 0 aliphatic heterocycles. The maximum Gasteiger partial charge on any atom is 0.255 e. The first-order valence-electron chi connectivity index (χ1n) is 14.5. The van der Waals surface area contributed by atoms with Gasteiger partial charge < -0.3 is 19.9 Å². The molecular formula is C34H28FN9O2. The van der Waals surface area contributed by atoms with Crippen molar-refractivity contribution < 1.29 is 13.9 Å². The van der Waals surface area contributed by atoms with Crippen molar-refractivity contribution in [3.05, 3.63) is 103 Å². The summed E-state index contributed by atoms with van der Waals surface area (Å²) in [6.07, 6.45) is 6.61. The highest BCUT2D eigenvalue weighted by molar-refractivity contribution is 6.04. The highest BCUT2D eigenvalue weighted by atomic mass is 19.1. The third-order valence-corrected chi connectivity index (χ3v) is 7.35. The Bertz CT molecular complexity index is 2190. The van der Waals surface area contributed by atoms with E-state index in [4.69, 9.17) is 9.72 Å². The van der Waals surface area contributed by atoms with Crippen LogP contribution in [0.2, 0.25) is 0 Å². The normalized spacial score (nSPS) is 11.4. The Kier molecular flexibility index (Phi) is 7.61. The number of likely N-dealkylation sites (N-methyl/N-ethyl adjacent to an activating group) is 1. The van der Waals surface area contributed by atoms with E-state index in [-0.39, 0.29) is 5.91 Å². The molecule has 0 saturated carbocycles. The second-order valence-corrected chi connectivity index (χ2v) is 10.9. The Morgan fingerprint density at radius 3 is 2.65 bits per heavy atom. The Hall–Kier alpha value is -6.01. The zero-order valence-electron chi connectivity index (χ0n) is 25.0. The molecule has 3 N–H and O–H groups in total. The summed E-state index contributed by atoms with van der Waals surface area (Å²) in [5.41, 5.74) is 6.08. The number of anilines is 1.